The van der Waals surface area contributed by atoms with Crippen molar-refractivity contribution in [3.8, 4) is 0 Å². The molecule has 0 saturated heterocycles. The summed E-state index contributed by atoms with van der Waals surface area (Å²) < 4.78 is 35.0. The Bertz CT molecular complexity index is 225. The van der Waals surface area contributed by atoms with Crippen molar-refractivity contribution in [2.24, 2.45) is 0 Å². The van der Waals surface area contributed by atoms with E-state index in [9.17, 15) is 13.2 Å². The van der Waals surface area contributed by atoms with Crippen molar-refractivity contribution < 1.29 is 18.3 Å². The third-order valence-electron chi connectivity index (χ3n) is 0.819. The lowest BCUT2D eigenvalue weighted by Gasteiger charge is -2.01. The number of hydrogen-bond acceptors (Lipinski definition) is 3. The van der Waals surface area contributed by atoms with Crippen LogP contribution in [0.2, 0.25) is 0 Å². The largest absolute Gasteiger partial charge is 0.451 e. The quantitative estimate of drug-likeness (QED) is 0.680. The van der Waals surface area contributed by atoms with Crippen LogP contribution in [0.1, 0.15) is 12.7 Å². The minimum atomic E-state index is -4.43. The molecule has 0 aliphatic heterocycles. The molecule has 1 N–H and O–H groups in total. The fraction of sp³-hybridized carbons (Fsp3) is 0.429. The minimum absolute atomic E-state index is 0.250. The van der Waals surface area contributed by atoms with Gasteiger partial charge in [0.05, 0.1) is 0 Å². The number of nitrogens with zero attached hydrogens (tertiary/aromatic N) is 2. The molecule has 0 fully saturated rings. The van der Waals surface area contributed by atoms with Gasteiger partial charge in [-0.15, -0.1) is 0 Å². The minimum Gasteiger partial charge on any atom is -0.397 e. The summed E-state index contributed by atoms with van der Waals surface area (Å²) in [5.74, 6) is -1.10. The lowest BCUT2D eigenvalue weighted by atomic mass is 10.5. The second kappa shape index (κ2) is 5.47. The standard InChI is InChI=1S/C5H3F3N2.C2H6O/c6-5(7,8)4-9-2-1-3-10-4;1-2-3/h1-3H;3H,2H2,1H3. The first-order chi connectivity index (χ1) is 6.02. The van der Waals surface area contributed by atoms with Gasteiger partial charge in [0.1, 0.15) is 0 Å². The highest BCUT2D eigenvalue weighted by molar-refractivity contribution is 4.92. The molecule has 1 rings (SSSR count). The molecule has 0 aromatic carbocycles. The van der Waals surface area contributed by atoms with Gasteiger partial charge in [-0.25, -0.2) is 9.97 Å². The van der Waals surface area contributed by atoms with E-state index < -0.39 is 12.0 Å². The first-order valence-corrected chi connectivity index (χ1v) is 3.47. The summed E-state index contributed by atoms with van der Waals surface area (Å²) in [6.45, 7) is 1.93. The molecule has 1 aromatic heterocycles. The second-order valence-corrected chi connectivity index (χ2v) is 1.89. The Morgan fingerprint density at radius 3 is 1.92 bits per heavy atom. The van der Waals surface area contributed by atoms with Gasteiger partial charge in [-0.05, 0) is 13.0 Å². The molecule has 1 heterocycles. The molecule has 0 amide bonds. The van der Waals surface area contributed by atoms with Gasteiger partial charge in [0.15, 0.2) is 0 Å². The topological polar surface area (TPSA) is 46.0 Å². The molecule has 0 radical (unpaired) electrons. The Balaban J connectivity index is 0.000000424. The Kier molecular flexibility index (Phi) is 4.98. The zero-order valence-corrected chi connectivity index (χ0v) is 6.91. The molecule has 3 nitrogen and oxygen atoms in total. The fourth-order valence-corrected chi connectivity index (χ4v) is 0.445. The van der Waals surface area contributed by atoms with Gasteiger partial charge in [-0.2, -0.15) is 13.2 Å². The maximum Gasteiger partial charge on any atom is 0.451 e. The Labute approximate surface area is 73.3 Å². The highest BCUT2D eigenvalue weighted by atomic mass is 19.4. The van der Waals surface area contributed by atoms with Gasteiger partial charge < -0.3 is 5.11 Å². The van der Waals surface area contributed by atoms with E-state index in [4.69, 9.17) is 5.11 Å². The zero-order chi connectivity index (χ0) is 10.3. The predicted octanol–water partition coefficient (Wildman–Crippen LogP) is 1.49. The first kappa shape index (κ1) is 11.8. The van der Waals surface area contributed by atoms with Gasteiger partial charge in [0.25, 0.3) is 0 Å². The predicted molar refractivity (Wildman–Crippen MR) is 39.8 cm³/mol. The summed E-state index contributed by atoms with van der Waals surface area (Å²) in [6, 6.07) is 1.33. The van der Waals surface area contributed by atoms with Crippen LogP contribution in [0, 0.1) is 0 Å². The van der Waals surface area contributed by atoms with Crippen LogP contribution in [0.25, 0.3) is 0 Å². The van der Waals surface area contributed by atoms with E-state index >= 15 is 0 Å². The van der Waals surface area contributed by atoms with Crippen LogP contribution in [0.3, 0.4) is 0 Å². The summed E-state index contributed by atoms with van der Waals surface area (Å²) in [6.07, 6.45) is -2.33. The van der Waals surface area contributed by atoms with Crippen molar-refractivity contribution in [3.63, 3.8) is 0 Å². The molecule has 6 heteroatoms. The highest BCUT2D eigenvalue weighted by Crippen LogP contribution is 2.24. The normalized spacial score (nSPS) is 10.2. The van der Waals surface area contributed by atoms with Crippen molar-refractivity contribution in [1.82, 2.24) is 9.97 Å². The maximum atomic E-state index is 11.7. The number of aromatic nitrogens is 2. The number of hydrogen-bond donors (Lipinski definition) is 1. The van der Waals surface area contributed by atoms with Gasteiger partial charge in [-0.3, -0.25) is 0 Å². The van der Waals surface area contributed by atoms with Gasteiger partial charge in [0, 0.05) is 19.0 Å². The van der Waals surface area contributed by atoms with Crippen LogP contribution in [-0.2, 0) is 6.18 Å². The smallest absolute Gasteiger partial charge is 0.397 e. The molecular weight excluding hydrogens is 185 g/mol. The summed E-state index contributed by atoms with van der Waals surface area (Å²) in [5.41, 5.74) is 0. The summed E-state index contributed by atoms with van der Waals surface area (Å²) in [7, 11) is 0. The van der Waals surface area contributed by atoms with E-state index in [2.05, 4.69) is 9.97 Å². The van der Waals surface area contributed by atoms with E-state index in [0.717, 1.165) is 12.4 Å². The van der Waals surface area contributed by atoms with Gasteiger partial charge in [0.2, 0.25) is 5.82 Å². The molecule has 74 valence electrons. The van der Waals surface area contributed by atoms with Crippen LogP contribution in [0.4, 0.5) is 13.2 Å². The van der Waals surface area contributed by atoms with Crippen LogP contribution in [0.15, 0.2) is 18.5 Å². The average Bonchev–Trinajstić information content (AvgIpc) is 2.06. The van der Waals surface area contributed by atoms with Crippen molar-refractivity contribution in [1.29, 1.82) is 0 Å². The van der Waals surface area contributed by atoms with Gasteiger partial charge >= 0.3 is 6.18 Å². The summed E-state index contributed by atoms with van der Waals surface area (Å²) in [5, 5.41) is 7.57. The van der Waals surface area contributed by atoms with Crippen molar-refractivity contribution in [3.05, 3.63) is 24.3 Å². The third kappa shape index (κ3) is 5.13. The number of rotatable bonds is 0. The zero-order valence-electron chi connectivity index (χ0n) is 6.91. The van der Waals surface area contributed by atoms with E-state index in [1.807, 2.05) is 0 Å². The molecule has 0 unspecified atom stereocenters. The lowest BCUT2D eigenvalue weighted by molar-refractivity contribution is -0.145. The van der Waals surface area contributed by atoms with E-state index in [1.54, 1.807) is 6.92 Å². The van der Waals surface area contributed by atoms with Crippen molar-refractivity contribution in [2.75, 3.05) is 6.61 Å². The summed E-state index contributed by atoms with van der Waals surface area (Å²) >= 11 is 0. The van der Waals surface area contributed by atoms with E-state index in [1.165, 1.54) is 6.07 Å². The second-order valence-electron chi connectivity index (χ2n) is 1.89. The molecule has 0 spiro atoms. The third-order valence-corrected chi connectivity index (χ3v) is 0.819. The molecule has 0 aliphatic carbocycles. The highest BCUT2D eigenvalue weighted by Gasteiger charge is 2.33. The SMILES string of the molecule is CCO.FC(F)(F)c1ncccn1. The number of alkyl halides is 3. The van der Waals surface area contributed by atoms with Crippen molar-refractivity contribution >= 4 is 0 Å². The Morgan fingerprint density at radius 2 is 1.69 bits per heavy atom. The molecule has 13 heavy (non-hydrogen) atoms. The monoisotopic (exact) mass is 194 g/mol. The Hall–Kier alpha value is -1.17. The van der Waals surface area contributed by atoms with Crippen LogP contribution < -0.4 is 0 Å². The fourth-order valence-electron chi connectivity index (χ4n) is 0.445. The molecule has 0 saturated carbocycles. The lowest BCUT2D eigenvalue weighted by Crippen LogP contribution is -2.09. The number of aliphatic hydroxyl groups is 1. The number of aliphatic hydroxyl groups excluding tert-OH is 1. The number of halogens is 3. The maximum absolute atomic E-state index is 11.7. The van der Waals surface area contributed by atoms with Crippen LogP contribution in [-0.4, -0.2) is 21.7 Å². The molecule has 0 atom stereocenters. The Morgan fingerprint density at radius 1 is 1.31 bits per heavy atom. The van der Waals surface area contributed by atoms with Crippen LogP contribution in [0.5, 0.6) is 0 Å². The first-order valence-electron chi connectivity index (χ1n) is 3.47. The molecular formula is C7H9F3N2O. The summed E-state index contributed by atoms with van der Waals surface area (Å²) in [4.78, 5) is 6.03. The van der Waals surface area contributed by atoms with Crippen molar-refractivity contribution in [2.45, 2.75) is 13.1 Å². The molecule has 0 aliphatic rings. The molecule has 0 bridgehead atoms. The van der Waals surface area contributed by atoms with E-state index in [-0.39, 0.29) is 6.61 Å². The van der Waals surface area contributed by atoms with E-state index in [0.29, 0.717) is 0 Å². The van der Waals surface area contributed by atoms with Crippen LogP contribution >= 0.6 is 0 Å². The van der Waals surface area contributed by atoms with Gasteiger partial charge in [-0.1, -0.05) is 0 Å². The molecule has 1 aromatic rings. The average molecular weight is 194 g/mol.